The lowest BCUT2D eigenvalue weighted by Crippen LogP contribution is -2.46. The van der Waals surface area contributed by atoms with Crippen molar-refractivity contribution in [1.82, 2.24) is 5.32 Å². The molecule has 8 nitrogen and oxygen atoms in total. The van der Waals surface area contributed by atoms with Crippen LogP contribution in [0.5, 0.6) is 11.5 Å². The Balaban J connectivity index is 1.59. The van der Waals surface area contributed by atoms with Crippen molar-refractivity contribution in [2.75, 3.05) is 5.32 Å². The molecule has 0 aliphatic carbocycles. The standard InChI is InChI=1S/C29H32N2O6/c1-29(2,3)37-28(34)31-25(18-19-26(32)35-20-21-10-6-4-7-11-21)27(33)30-22-14-16-24(17-15-22)36-23-12-8-5-9-13-23/h4-17,25H,18-20H2,1-3H3,(H,30,33)(H,31,34). The van der Waals surface area contributed by atoms with Gasteiger partial charge in [-0.1, -0.05) is 48.5 Å². The fourth-order valence-electron chi connectivity index (χ4n) is 3.25. The third kappa shape index (κ3) is 10.0. The molecular formula is C29H32N2O6. The van der Waals surface area contributed by atoms with Gasteiger partial charge in [0.1, 0.15) is 29.7 Å². The summed E-state index contributed by atoms with van der Waals surface area (Å²) in [6.07, 6.45) is -0.782. The molecule has 8 heteroatoms. The SMILES string of the molecule is CC(C)(C)OC(=O)NC(CCC(=O)OCc1ccccc1)C(=O)Nc1ccc(Oc2ccccc2)cc1. The highest BCUT2D eigenvalue weighted by molar-refractivity contribution is 5.96. The molecule has 0 bridgehead atoms. The van der Waals surface area contributed by atoms with E-state index in [0.29, 0.717) is 17.2 Å². The highest BCUT2D eigenvalue weighted by Gasteiger charge is 2.25. The van der Waals surface area contributed by atoms with Gasteiger partial charge in [0.15, 0.2) is 0 Å². The van der Waals surface area contributed by atoms with Crippen LogP contribution in [0.2, 0.25) is 0 Å². The maximum atomic E-state index is 13.0. The van der Waals surface area contributed by atoms with E-state index in [1.54, 1.807) is 45.0 Å². The summed E-state index contributed by atoms with van der Waals surface area (Å²) in [6, 6.07) is 24.4. The van der Waals surface area contributed by atoms with Crippen LogP contribution in [0.3, 0.4) is 0 Å². The van der Waals surface area contributed by atoms with Crippen molar-refractivity contribution in [1.29, 1.82) is 0 Å². The van der Waals surface area contributed by atoms with Crippen LogP contribution in [0.25, 0.3) is 0 Å². The molecule has 0 aliphatic heterocycles. The first kappa shape index (κ1) is 27.3. The molecule has 0 spiro atoms. The van der Waals surface area contributed by atoms with Crippen molar-refractivity contribution in [3.63, 3.8) is 0 Å². The first-order valence-electron chi connectivity index (χ1n) is 12.0. The summed E-state index contributed by atoms with van der Waals surface area (Å²) in [5, 5.41) is 5.33. The molecule has 0 saturated carbocycles. The Morgan fingerprint density at radius 2 is 1.41 bits per heavy atom. The molecule has 3 aromatic carbocycles. The van der Waals surface area contributed by atoms with Crippen molar-refractivity contribution in [2.45, 2.75) is 51.9 Å². The molecule has 3 aromatic rings. The van der Waals surface area contributed by atoms with E-state index in [2.05, 4.69) is 10.6 Å². The van der Waals surface area contributed by atoms with Gasteiger partial charge in [0.2, 0.25) is 5.91 Å². The molecular weight excluding hydrogens is 472 g/mol. The second kappa shape index (κ2) is 13.1. The lowest BCUT2D eigenvalue weighted by atomic mass is 10.1. The molecule has 0 aliphatic rings. The number of para-hydroxylation sites is 1. The molecule has 194 valence electrons. The molecule has 0 fully saturated rings. The lowest BCUT2D eigenvalue weighted by molar-refractivity contribution is -0.145. The van der Waals surface area contributed by atoms with E-state index in [9.17, 15) is 14.4 Å². The summed E-state index contributed by atoms with van der Waals surface area (Å²) in [5.74, 6) is 0.336. The van der Waals surface area contributed by atoms with Crippen molar-refractivity contribution < 1.29 is 28.6 Å². The van der Waals surface area contributed by atoms with Crippen LogP contribution >= 0.6 is 0 Å². The van der Waals surface area contributed by atoms with Crippen LogP contribution in [-0.2, 0) is 25.7 Å². The maximum Gasteiger partial charge on any atom is 0.408 e. The Labute approximate surface area is 216 Å². The van der Waals surface area contributed by atoms with E-state index >= 15 is 0 Å². The van der Waals surface area contributed by atoms with Gasteiger partial charge in [0.05, 0.1) is 0 Å². The van der Waals surface area contributed by atoms with Gasteiger partial charge in [0, 0.05) is 12.1 Å². The number of benzene rings is 3. The Hall–Kier alpha value is -4.33. The van der Waals surface area contributed by atoms with E-state index in [0.717, 1.165) is 5.56 Å². The van der Waals surface area contributed by atoms with E-state index < -0.39 is 29.6 Å². The fraction of sp³-hybridized carbons (Fsp3) is 0.276. The number of carbonyl (C=O) groups is 3. The third-order valence-electron chi connectivity index (χ3n) is 4.99. The molecule has 0 saturated heterocycles. The van der Waals surface area contributed by atoms with Crippen LogP contribution in [0, 0.1) is 0 Å². The van der Waals surface area contributed by atoms with Crippen molar-refractivity contribution in [3.05, 3.63) is 90.5 Å². The third-order valence-corrected chi connectivity index (χ3v) is 4.99. The second-order valence-corrected chi connectivity index (χ2v) is 9.31. The Kier molecular flexibility index (Phi) is 9.66. The number of carbonyl (C=O) groups excluding carboxylic acids is 3. The normalized spacial score (nSPS) is 11.6. The van der Waals surface area contributed by atoms with Crippen LogP contribution in [0.1, 0.15) is 39.2 Å². The van der Waals surface area contributed by atoms with E-state index in [-0.39, 0.29) is 19.4 Å². The second-order valence-electron chi connectivity index (χ2n) is 9.31. The van der Waals surface area contributed by atoms with Gasteiger partial charge in [-0.15, -0.1) is 0 Å². The number of ether oxygens (including phenoxy) is 3. The number of alkyl carbamates (subject to hydrolysis) is 1. The number of hydrogen-bond donors (Lipinski definition) is 2. The van der Waals surface area contributed by atoms with Crippen LogP contribution in [0.4, 0.5) is 10.5 Å². The number of esters is 1. The smallest absolute Gasteiger partial charge is 0.408 e. The average molecular weight is 505 g/mol. The summed E-state index contributed by atoms with van der Waals surface area (Å²) in [6.45, 7) is 5.30. The summed E-state index contributed by atoms with van der Waals surface area (Å²) in [4.78, 5) is 37.7. The maximum absolute atomic E-state index is 13.0. The number of rotatable bonds is 10. The zero-order valence-corrected chi connectivity index (χ0v) is 21.2. The largest absolute Gasteiger partial charge is 0.461 e. The number of amides is 2. The minimum Gasteiger partial charge on any atom is -0.461 e. The zero-order chi connectivity index (χ0) is 26.7. The molecule has 1 atom stereocenters. The number of hydrogen-bond acceptors (Lipinski definition) is 6. The predicted octanol–water partition coefficient (Wildman–Crippen LogP) is 5.83. The first-order valence-corrected chi connectivity index (χ1v) is 12.0. The van der Waals surface area contributed by atoms with Crippen LogP contribution in [0.15, 0.2) is 84.9 Å². The topological polar surface area (TPSA) is 103 Å². The van der Waals surface area contributed by atoms with E-state index in [4.69, 9.17) is 14.2 Å². The highest BCUT2D eigenvalue weighted by Crippen LogP contribution is 2.23. The van der Waals surface area contributed by atoms with Gasteiger partial charge < -0.3 is 24.8 Å². The molecule has 0 radical (unpaired) electrons. The molecule has 37 heavy (non-hydrogen) atoms. The van der Waals surface area contributed by atoms with Crippen LogP contribution < -0.4 is 15.4 Å². The van der Waals surface area contributed by atoms with Gasteiger partial charge in [0.25, 0.3) is 0 Å². The predicted molar refractivity (Wildman–Crippen MR) is 140 cm³/mol. The summed E-state index contributed by atoms with van der Waals surface area (Å²) in [7, 11) is 0. The van der Waals surface area contributed by atoms with Gasteiger partial charge in [-0.2, -0.15) is 0 Å². The van der Waals surface area contributed by atoms with Crippen molar-refractivity contribution >= 4 is 23.7 Å². The van der Waals surface area contributed by atoms with Gasteiger partial charge in [-0.3, -0.25) is 9.59 Å². The van der Waals surface area contributed by atoms with E-state index in [1.807, 2.05) is 60.7 Å². The van der Waals surface area contributed by atoms with Crippen molar-refractivity contribution in [2.24, 2.45) is 0 Å². The quantitative estimate of drug-likeness (QED) is 0.337. The summed E-state index contributed by atoms with van der Waals surface area (Å²) >= 11 is 0. The summed E-state index contributed by atoms with van der Waals surface area (Å²) < 4.78 is 16.4. The molecule has 2 N–H and O–H groups in total. The Morgan fingerprint density at radius 3 is 2.03 bits per heavy atom. The summed E-state index contributed by atoms with van der Waals surface area (Å²) in [5.41, 5.74) is 0.624. The molecule has 0 aromatic heterocycles. The minimum absolute atomic E-state index is 0.0356. The van der Waals surface area contributed by atoms with Crippen LogP contribution in [-0.4, -0.2) is 29.6 Å². The van der Waals surface area contributed by atoms with Gasteiger partial charge in [-0.25, -0.2) is 4.79 Å². The molecule has 0 heterocycles. The van der Waals surface area contributed by atoms with E-state index in [1.165, 1.54) is 0 Å². The molecule has 2 amide bonds. The Bertz CT molecular complexity index is 1160. The fourth-order valence-corrected chi connectivity index (χ4v) is 3.25. The number of anilines is 1. The highest BCUT2D eigenvalue weighted by atomic mass is 16.6. The lowest BCUT2D eigenvalue weighted by Gasteiger charge is -2.23. The average Bonchev–Trinajstić information content (AvgIpc) is 2.86. The number of nitrogens with one attached hydrogen (secondary N) is 2. The van der Waals surface area contributed by atoms with Crippen molar-refractivity contribution in [3.8, 4) is 11.5 Å². The Morgan fingerprint density at radius 1 is 0.811 bits per heavy atom. The monoisotopic (exact) mass is 504 g/mol. The molecule has 1 unspecified atom stereocenters. The van der Waals surface area contributed by atoms with Gasteiger partial charge in [-0.05, 0) is 69.2 Å². The molecule has 3 rings (SSSR count). The van der Waals surface area contributed by atoms with Gasteiger partial charge >= 0.3 is 12.1 Å². The minimum atomic E-state index is -1.01. The first-order chi connectivity index (χ1) is 17.7. The zero-order valence-electron chi connectivity index (χ0n) is 21.2.